The Morgan fingerprint density at radius 3 is 1.75 bits per heavy atom. The van der Waals surface area contributed by atoms with E-state index in [9.17, 15) is 24.0 Å². The quantitative estimate of drug-likeness (QED) is 0.0522. The Kier molecular flexibility index (Phi) is 16.7. The first-order chi connectivity index (χ1) is 29.0. The lowest BCUT2D eigenvalue weighted by Gasteiger charge is -2.27. The number of nitrogens with one attached hydrogen (secondary N) is 5. The molecule has 0 atom stereocenters. The second-order valence-corrected chi connectivity index (χ2v) is 18.5. The molecule has 5 N–H and O–H groups in total. The van der Waals surface area contributed by atoms with Gasteiger partial charge in [0.25, 0.3) is 11.8 Å². The molecular formula is C45H57N9O5P+. The molecule has 5 rings (SSSR count). The van der Waals surface area contributed by atoms with Crippen molar-refractivity contribution in [1.29, 1.82) is 0 Å². The third-order valence-corrected chi connectivity index (χ3v) is 14.5. The molecule has 0 unspecified atom stereocenters. The molecule has 0 aliphatic rings. The lowest BCUT2D eigenvalue weighted by atomic mass is 10.2. The zero-order valence-electron chi connectivity index (χ0n) is 34.9. The molecular weight excluding hydrogens is 778 g/mol. The van der Waals surface area contributed by atoms with Crippen LogP contribution in [0.1, 0.15) is 59.6 Å². The maximum atomic E-state index is 13.1. The number of aromatic nitrogens is 3. The van der Waals surface area contributed by atoms with Crippen LogP contribution in [0.25, 0.3) is 0 Å². The van der Waals surface area contributed by atoms with Gasteiger partial charge < -0.3 is 40.6 Å². The van der Waals surface area contributed by atoms with E-state index < -0.39 is 13.2 Å². The summed E-state index contributed by atoms with van der Waals surface area (Å²) in [6, 6.07) is 33.5. The van der Waals surface area contributed by atoms with E-state index in [-0.39, 0.29) is 61.2 Å². The number of anilines is 2. The van der Waals surface area contributed by atoms with Crippen LogP contribution in [0.3, 0.4) is 0 Å². The fraction of sp³-hybridized carbons (Fsp3) is 0.333. The summed E-state index contributed by atoms with van der Waals surface area (Å²) in [5.41, 5.74) is 0.675. The number of carbonyl (C=O) groups excluding carboxylic acids is 5. The van der Waals surface area contributed by atoms with Gasteiger partial charge >= 0.3 is 0 Å². The van der Waals surface area contributed by atoms with Crippen molar-refractivity contribution in [3.05, 3.63) is 121 Å². The highest BCUT2D eigenvalue weighted by Crippen LogP contribution is 2.56. The van der Waals surface area contributed by atoms with Crippen LogP contribution >= 0.6 is 7.26 Å². The number of imidazole rings is 1. The summed E-state index contributed by atoms with van der Waals surface area (Å²) in [7, 11) is 5.28. The largest absolute Gasteiger partial charge is 0.356 e. The number of amides is 5. The van der Waals surface area contributed by atoms with Crippen molar-refractivity contribution in [2.24, 2.45) is 14.1 Å². The summed E-state index contributed by atoms with van der Waals surface area (Å²) >= 11 is 0. The maximum absolute atomic E-state index is 13.1. The van der Waals surface area contributed by atoms with E-state index in [1.165, 1.54) is 32.7 Å². The molecule has 2 heterocycles. The Labute approximate surface area is 352 Å². The molecule has 60 heavy (non-hydrogen) atoms. The molecule has 3 aromatic carbocycles. The van der Waals surface area contributed by atoms with E-state index in [0.717, 1.165) is 25.5 Å². The summed E-state index contributed by atoms with van der Waals surface area (Å²) in [5, 5.41) is 17.8. The fourth-order valence-corrected chi connectivity index (χ4v) is 11.4. The Hall–Kier alpha value is -6.11. The number of unbranched alkanes of at least 4 members (excludes halogenated alkanes) is 1. The van der Waals surface area contributed by atoms with E-state index >= 15 is 0 Å². The van der Waals surface area contributed by atoms with Crippen molar-refractivity contribution < 1.29 is 24.0 Å². The number of benzene rings is 3. The third-order valence-electron chi connectivity index (χ3n) is 10.00. The number of aryl methyl sites for hydroxylation is 2. The van der Waals surface area contributed by atoms with E-state index in [2.05, 4.69) is 104 Å². The van der Waals surface area contributed by atoms with Gasteiger partial charge in [0.15, 0.2) is 5.82 Å². The predicted molar refractivity (Wildman–Crippen MR) is 240 cm³/mol. The Balaban J connectivity index is 1.04. The van der Waals surface area contributed by atoms with Gasteiger partial charge in [0.2, 0.25) is 23.5 Å². The minimum Gasteiger partial charge on any atom is -0.356 e. The number of hydrogen-bond donors (Lipinski definition) is 5. The molecule has 0 spiro atoms. The van der Waals surface area contributed by atoms with E-state index in [4.69, 9.17) is 0 Å². The van der Waals surface area contributed by atoms with Crippen LogP contribution in [0.2, 0.25) is 0 Å². The van der Waals surface area contributed by atoms with Gasteiger partial charge in [-0.1, -0.05) is 54.6 Å². The third kappa shape index (κ3) is 12.7. The van der Waals surface area contributed by atoms with Crippen molar-refractivity contribution in [3.8, 4) is 0 Å². The maximum Gasteiger partial charge on any atom is 0.291 e. The minimum absolute atomic E-state index is 0.0326. The van der Waals surface area contributed by atoms with Crippen molar-refractivity contribution in [1.82, 2.24) is 35.0 Å². The summed E-state index contributed by atoms with van der Waals surface area (Å²) in [5.74, 6) is -1.30. The first-order valence-corrected chi connectivity index (χ1v) is 22.3. The average molecular weight is 835 g/mol. The average Bonchev–Trinajstić information content (AvgIpc) is 3.80. The Morgan fingerprint density at radius 1 is 0.600 bits per heavy atom. The van der Waals surface area contributed by atoms with Crippen molar-refractivity contribution in [3.63, 3.8) is 0 Å². The van der Waals surface area contributed by atoms with Crippen LogP contribution in [0.4, 0.5) is 11.5 Å². The zero-order valence-corrected chi connectivity index (χ0v) is 35.8. The summed E-state index contributed by atoms with van der Waals surface area (Å²) in [6.07, 6.45) is 6.98. The normalized spacial score (nSPS) is 11.2. The van der Waals surface area contributed by atoms with Crippen LogP contribution in [0, 0.1) is 0 Å². The van der Waals surface area contributed by atoms with Crippen molar-refractivity contribution >= 4 is 64.2 Å². The summed E-state index contributed by atoms with van der Waals surface area (Å²) in [4.78, 5) is 70.0. The highest BCUT2D eigenvalue weighted by molar-refractivity contribution is 7.95. The van der Waals surface area contributed by atoms with Gasteiger partial charge in [-0.15, -0.1) is 0 Å². The number of rotatable bonds is 22. The van der Waals surface area contributed by atoms with E-state index in [0.29, 0.717) is 30.8 Å². The monoisotopic (exact) mass is 834 g/mol. The number of hydrogen-bond acceptors (Lipinski definition) is 7. The van der Waals surface area contributed by atoms with Gasteiger partial charge in [-0.05, 0) is 82.4 Å². The molecule has 316 valence electrons. The molecule has 0 bridgehead atoms. The zero-order chi connectivity index (χ0) is 42.9. The van der Waals surface area contributed by atoms with Crippen LogP contribution in [0.5, 0.6) is 0 Å². The van der Waals surface area contributed by atoms with Gasteiger partial charge in [-0.3, -0.25) is 24.0 Å². The van der Waals surface area contributed by atoms with Crippen LogP contribution in [-0.2, 0) is 28.5 Å². The van der Waals surface area contributed by atoms with Gasteiger partial charge in [-0.2, -0.15) is 0 Å². The van der Waals surface area contributed by atoms with Gasteiger partial charge in [0, 0.05) is 65.4 Å². The van der Waals surface area contributed by atoms with Crippen molar-refractivity contribution in [2.75, 3.05) is 57.1 Å². The second-order valence-electron chi connectivity index (χ2n) is 14.9. The second kappa shape index (κ2) is 22.3. The first-order valence-electron chi connectivity index (χ1n) is 20.3. The summed E-state index contributed by atoms with van der Waals surface area (Å²) in [6.45, 7) is 1.77. The SMILES string of the molecule is CN(C)CCCNC(=O)CCNC(=O)c1cc(NC(=O)c2nc(NC(=O)CCNC(=O)CCCC[P+](c3ccccc3)(c3ccccc3)c3ccccc3)cn2C)cn1C. The molecule has 0 saturated heterocycles. The topological polar surface area (TPSA) is 171 Å². The molecule has 2 aromatic heterocycles. The van der Waals surface area contributed by atoms with Crippen LogP contribution < -0.4 is 42.5 Å². The Morgan fingerprint density at radius 2 is 1.15 bits per heavy atom. The predicted octanol–water partition coefficient (Wildman–Crippen LogP) is 3.81. The Bertz CT molecular complexity index is 2090. The molecule has 0 aliphatic heterocycles. The lowest BCUT2D eigenvalue weighted by Crippen LogP contribution is -2.33. The fourth-order valence-electron chi connectivity index (χ4n) is 7.00. The van der Waals surface area contributed by atoms with E-state index in [1.807, 2.05) is 37.2 Å². The molecule has 14 nitrogen and oxygen atoms in total. The summed E-state index contributed by atoms with van der Waals surface area (Å²) < 4.78 is 3.06. The first kappa shape index (κ1) is 45.0. The highest BCUT2D eigenvalue weighted by atomic mass is 31.2. The highest BCUT2D eigenvalue weighted by Gasteiger charge is 2.44. The van der Waals surface area contributed by atoms with E-state index in [1.54, 1.807) is 24.9 Å². The molecule has 5 amide bonds. The number of nitrogens with zero attached hydrogens (tertiary/aromatic N) is 4. The van der Waals surface area contributed by atoms with Gasteiger partial charge in [-0.25, -0.2) is 4.98 Å². The smallest absolute Gasteiger partial charge is 0.291 e. The molecule has 0 aliphatic carbocycles. The minimum atomic E-state index is -1.97. The van der Waals surface area contributed by atoms with Gasteiger partial charge in [0.05, 0.1) is 11.8 Å². The van der Waals surface area contributed by atoms with Crippen molar-refractivity contribution in [2.45, 2.75) is 38.5 Å². The number of carbonyl (C=O) groups is 5. The molecule has 0 saturated carbocycles. The standard InChI is InChI=1S/C45H56N9O5P/c1-52(2)29-16-26-46-41(56)24-28-48-44(58)38-31-34(32-53(38)3)49-45(59)43-51-39(33-54(43)4)50-42(57)25-27-47-40(55)23-14-15-30-60(35-17-8-5-9-18-35,36-19-10-6-11-20-36)37-21-12-7-13-22-37/h5-13,17-22,31-33H,14-16,23-30H2,1-4H3,(H4-,46,47,48,49,50,55,56,57,58,59)/p+1. The van der Waals surface area contributed by atoms with Gasteiger partial charge in [0.1, 0.15) is 28.9 Å². The molecule has 0 radical (unpaired) electrons. The molecule has 15 heteroatoms. The van der Waals surface area contributed by atoms with Crippen LogP contribution in [0.15, 0.2) is 109 Å². The van der Waals surface area contributed by atoms with Crippen LogP contribution in [-0.4, -0.2) is 95.0 Å². The molecule has 5 aromatic rings. The molecule has 0 fully saturated rings. The lowest BCUT2D eigenvalue weighted by molar-refractivity contribution is -0.122.